The second-order valence-electron chi connectivity index (χ2n) is 5.72. The molecule has 0 unspecified atom stereocenters. The van der Waals surface area contributed by atoms with Crippen LogP contribution in [-0.2, 0) is 16.0 Å². The lowest BCUT2D eigenvalue weighted by Gasteiger charge is -2.22. The van der Waals surface area contributed by atoms with Crippen LogP contribution < -0.4 is 10.6 Å². The summed E-state index contributed by atoms with van der Waals surface area (Å²) in [6.07, 6.45) is 10.1. The summed E-state index contributed by atoms with van der Waals surface area (Å²) >= 11 is 0. The van der Waals surface area contributed by atoms with Crippen molar-refractivity contribution in [3.63, 3.8) is 0 Å². The maximum atomic E-state index is 12.2. The number of nitrogens with zero attached hydrogens (tertiary/aromatic N) is 1. The summed E-state index contributed by atoms with van der Waals surface area (Å²) in [5, 5.41) is 5.45. The minimum Gasteiger partial charge on any atom is -0.357 e. The van der Waals surface area contributed by atoms with Crippen molar-refractivity contribution >= 4 is 11.8 Å². The predicted octanol–water partition coefficient (Wildman–Crippen LogP) is 1.15. The van der Waals surface area contributed by atoms with Crippen molar-refractivity contribution in [2.75, 3.05) is 7.05 Å². The largest absolute Gasteiger partial charge is 0.357 e. The van der Waals surface area contributed by atoms with Gasteiger partial charge in [-0.15, -0.1) is 0 Å². The average Bonchev–Trinajstić information content (AvgIpc) is 2.99. The van der Waals surface area contributed by atoms with E-state index in [-0.39, 0.29) is 11.8 Å². The van der Waals surface area contributed by atoms with Crippen molar-refractivity contribution in [1.82, 2.24) is 20.6 Å². The van der Waals surface area contributed by atoms with Gasteiger partial charge < -0.3 is 15.6 Å². The van der Waals surface area contributed by atoms with E-state index in [1.807, 2.05) is 0 Å². The number of hydrogen-bond donors (Lipinski definition) is 3. The summed E-state index contributed by atoms with van der Waals surface area (Å²) in [7, 11) is 1.58. The molecule has 1 atom stereocenters. The lowest BCUT2D eigenvalue weighted by molar-refractivity contribution is -0.129. The molecule has 116 valence electrons. The molecule has 6 heteroatoms. The summed E-state index contributed by atoms with van der Waals surface area (Å²) in [6, 6.07) is -0.549. The van der Waals surface area contributed by atoms with Crippen molar-refractivity contribution in [3.05, 3.63) is 18.2 Å². The zero-order valence-corrected chi connectivity index (χ0v) is 12.5. The van der Waals surface area contributed by atoms with Gasteiger partial charge >= 0.3 is 0 Å². The number of carbonyl (C=O) groups is 2. The van der Waals surface area contributed by atoms with E-state index in [1.165, 1.54) is 19.3 Å². The number of hydrogen-bond acceptors (Lipinski definition) is 3. The van der Waals surface area contributed by atoms with Crippen LogP contribution in [0.3, 0.4) is 0 Å². The van der Waals surface area contributed by atoms with E-state index in [2.05, 4.69) is 20.6 Å². The van der Waals surface area contributed by atoms with Crippen LogP contribution in [0.25, 0.3) is 0 Å². The van der Waals surface area contributed by atoms with Crippen molar-refractivity contribution in [3.8, 4) is 0 Å². The summed E-state index contributed by atoms with van der Waals surface area (Å²) in [6.45, 7) is 0. The van der Waals surface area contributed by atoms with Crippen LogP contribution in [0.1, 0.15) is 44.2 Å². The predicted molar refractivity (Wildman–Crippen MR) is 79.5 cm³/mol. The summed E-state index contributed by atoms with van der Waals surface area (Å²) in [4.78, 5) is 31.0. The number of H-pyrrole nitrogens is 1. The van der Waals surface area contributed by atoms with Gasteiger partial charge in [-0.3, -0.25) is 9.59 Å². The second kappa shape index (κ2) is 7.81. The average molecular weight is 292 g/mol. The number of carbonyl (C=O) groups excluding carboxylic acids is 2. The van der Waals surface area contributed by atoms with E-state index in [1.54, 1.807) is 19.6 Å². The molecular formula is C15H24N4O2. The number of aromatic nitrogens is 2. The van der Waals surface area contributed by atoms with E-state index in [0.717, 1.165) is 18.5 Å². The third-order valence-corrected chi connectivity index (χ3v) is 4.08. The van der Waals surface area contributed by atoms with Gasteiger partial charge in [-0.1, -0.05) is 19.3 Å². The lowest BCUT2D eigenvalue weighted by atomic mass is 9.87. The molecule has 6 nitrogen and oxygen atoms in total. The second-order valence-corrected chi connectivity index (χ2v) is 5.72. The Bertz CT molecular complexity index is 452. The van der Waals surface area contributed by atoms with Gasteiger partial charge in [-0.2, -0.15) is 0 Å². The molecule has 0 bridgehead atoms. The molecule has 1 fully saturated rings. The minimum atomic E-state index is -0.549. The van der Waals surface area contributed by atoms with Crippen LogP contribution in [0.2, 0.25) is 0 Å². The van der Waals surface area contributed by atoms with Gasteiger partial charge in [0.2, 0.25) is 11.8 Å². The number of aromatic amines is 1. The molecule has 2 rings (SSSR count). The maximum absolute atomic E-state index is 12.2. The normalized spacial score (nSPS) is 17.2. The molecule has 1 aromatic rings. The van der Waals surface area contributed by atoms with E-state index >= 15 is 0 Å². The molecule has 1 heterocycles. The minimum absolute atomic E-state index is 0.0324. The number of amides is 2. The SMILES string of the molecule is CNC(=O)[C@H](Cc1cnc[nH]1)NC(=O)CC1CCCCC1. The molecule has 2 amide bonds. The van der Waals surface area contributed by atoms with Crippen molar-refractivity contribution in [2.24, 2.45) is 5.92 Å². The quantitative estimate of drug-likeness (QED) is 0.735. The van der Waals surface area contributed by atoms with Gasteiger partial charge in [0.25, 0.3) is 0 Å². The highest BCUT2D eigenvalue weighted by atomic mass is 16.2. The third kappa shape index (κ3) is 4.88. The Morgan fingerprint density at radius 3 is 2.76 bits per heavy atom. The highest BCUT2D eigenvalue weighted by Gasteiger charge is 2.23. The van der Waals surface area contributed by atoms with E-state index < -0.39 is 6.04 Å². The number of likely N-dealkylation sites (N-methyl/N-ethyl adjacent to an activating group) is 1. The highest BCUT2D eigenvalue weighted by molar-refractivity contribution is 5.87. The Morgan fingerprint density at radius 1 is 1.38 bits per heavy atom. The number of rotatable bonds is 6. The first-order chi connectivity index (χ1) is 10.2. The summed E-state index contributed by atoms with van der Waals surface area (Å²) in [5.74, 6) is 0.257. The van der Waals surface area contributed by atoms with E-state index in [4.69, 9.17) is 0 Å². The molecular weight excluding hydrogens is 268 g/mol. The monoisotopic (exact) mass is 292 g/mol. The zero-order chi connectivity index (χ0) is 15.1. The van der Waals surface area contributed by atoms with Crippen LogP contribution in [0.15, 0.2) is 12.5 Å². The van der Waals surface area contributed by atoms with Crippen molar-refractivity contribution in [2.45, 2.75) is 51.0 Å². The van der Waals surface area contributed by atoms with Gasteiger partial charge in [-0.25, -0.2) is 4.98 Å². The fourth-order valence-corrected chi connectivity index (χ4v) is 2.91. The Morgan fingerprint density at radius 2 is 2.14 bits per heavy atom. The van der Waals surface area contributed by atoms with Gasteiger partial charge in [0, 0.05) is 31.8 Å². The van der Waals surface area contributed by atoms with Crippen molar-refractivity contribution < 1.29 is 9.59 Å². The molecule has 1 aliphatic rings. The molecule has 1 aromatic heterocycles. The molecule has 21 heavy (non-hydrogen) atoms. The Balaban J connectivity index is 1.87. The molecule has 0 aromatic carbocycles. The lowest BCUT2D eigenvalue weighted by Crippen LogP contribution is -2.47. The summed E-state index contributed by atoms with van der Waals surface area (Å²) in [5.41, 5.74) is 0.835. The third-order valence-electron chi connectivity index (χ3n) is 4.08. The van der Waals surface area contributed by atoms with Gasteiger partial charge in [-0.05, 0) is 18.8 Å². The van der Waals surface area contributed by atoms with Crippen LogP contribution in [0, 0.1) is 5.92 Å². The Hall–Kier alpha value is -1.85. The zero-order valence-electron chi connectivity index (χ0n) is 12.5. The highest BCUT2D eigenvalue weighted by Crippen LogP contribution is 2.26. The van der Waals surface area contributed by atoms with Gasteiger partial charge in [0.15, 0.2) is 0 Å². The fourth-order valence-electron chi connectivity index (χ4n) is 2.91. The summed E-state index contributed by atoms with van der Waals surface area (Å²) < 4.78 is 0. The smallest absolute Gasteiger partial charge is 0.242 e. The number of nitrogens with one attached hydrogen (secondary N) is 3. The maximum Gasteiger partial charge on any atom is 0.242 e. The molecule has 0 aliphatic heterocycles. The first-order valence-electron chi connectivity index (χ1n) is 7.67. The first-order valence-corrected chi connectivity index (χ1v) is 7.67. The first kappa shape index (κ1) is 15.5. The van der Waals surface area contributed by atoms with Gasteiger partial charge in [0.1, 0.15) is 6.04 Å². The number of imidazole rings is 1. The molecule has 0 saturated heterocycles. The van der Waals surface area contributed by atoms with E-state index in [9.17, 15) is 9.59 Å². The Labute approximate surface area is 125 Å². The van der Waals surface area contributed by atoms with Crippen LogP contribution in [0.4, 0.5) is 0 Å². The fraction of sp³-hybridized carbons (Fsp3) is 0.667. The Kier molecular flexibility index (Phi) is 5.78. The molecule has 1 aliphatic carbocycles. The molecule has 0 radical (unpaired) electrons. The van der Waals surface area contributed by atoms with Crippen LogP contribution in [-0.4, -0.2) is 34.9 Å². The molecule has 3 N–H and O–H groups in total. The van der Waals surface area contributed by atoms with Crippen LogP contribution >= 0.6 is 0 Å². The van der Waals surface area contributed by atoms with Gasteiger partial charge in [0.05, 0.1) is 6.33 Å². The van der Waals surface area contributed by atoms with E-state index in [0.29, 0.717) is 18.8 Å². The standard InChI is InChI=1S/C15H24N4O2/c1-16-15(21)13(8-12-9-17-10-18-12)19-14(20)7-11-5-3-2-4-6-11/h9-11,13H,2-8H2,1H3,(H,16,21)(H,17,18)(H,19,20)/t13-/m0/s1. The molecule has 0 spiro atoms. The van der Waals surface area contributed by atoms with Crippen molar-refractivity contribution in [1.29, 1.82) is 0 Å². The molecule has 1 saturated carbocycles. The van der Waals surface area contributed by atoms with Crippen LogP contribution in [0.5, 0.6) is 0 Å². The topological polar surface area (TPSA) is 86.9 Å².